The zero-order valence-electron chi connectivity index (χ0n) is 19.8. The predicted octanol–water partition coefficient (Wildman–Crippen LogP) is 1.49. The van der Waals surface area contributed by atoms with E-state index in [-0.39, 0.29) is 11.5 Å². The van der Waals surface area contributed by atoms with Gasteiger partial charge in [-0.1, -0.05) is 0 Å². The lowest BCUT2D eigenvalue weighted by molar-refractivity contribution is -0.113. The largest absolute Gasteiger partial charge is 0.386 e. The fraction of sp³-hybridized carbons (Fsp3) is 0.360. The molecule has 0 unspecified atom stereocenters. The maximum atomic E-state index is 12.2. The molecule has 1 atom stereocenters. The number of likely N-dealkylation sites (tertiary alicyclic amines) is 1. The summed E-state index contributed by atoms with van der Waals surface area (Å²) in [4.78, 5) is 40.3. The molecule has 0 spiro atoms. The van der Waals surface area contributed by atoms with Gasteiger partial charge in [0.05, 0.1) is 39.5 Å². The molecule has 2 aliphatic rings. The number of carbonyl (C=O) groups is 1. The maximum absolute atomic E-state index is 12.2. The Bertz CT molecular complexity index is 1480. The molecule has 2 aliphatic heterocycles. The van der Waals surface area contributed by atoms with Crippen molar-refractivity contribution in [3.63, 3.8) is 0 Å². The molecule has 3 aromatic rings. The standard InChI is InChI=1S/C25H25N7O3S/c1-31-23(35)5-3-19-24(31)17(15(10-26)11-27-19)6-8-32-9-7-18(20(33)13-32)28-12-16-2-4-21-25(29-16)30-22(34)14-36-21/h2-5,11,20,33H,6-9,12-14H2,1H3,(H,29,30,34)/t20-/m1/s1. The number of nitrogens with zero attached hydrogens (tertiary/aromatic N) is 6. The van der Waals surface area contributed by atoms with Crippen LogP contribution in [0.25, 0.3) is 11.0 Å². The number of nitrogens with one attached hydrogen (secondary N) is 1. The van der Waals surface area contributed by atoms with Crippen molar-refractivity contribution in [2.75, 3.05) is 30.7 Å². The fourth-order valence-electron chi connectivity index (χ4n) is 4.59. The van der Waals surface area contributed by atoms with Gasteiger partial charge in [0.2, 0.25) is 5.91 Å². The highest BCUT2D eigenvalue weighted by molar-refractivity contribution is 8.00. The predicted molar refractivity (Wildman–Crippen MR) is 137 cm³/mol. The second kappa shape index (κ2) is 10.2. The second-order valence-electron chi connectivity index (χ2n) is 8.84. The SMILES string of the molecule is Cn1c(=O)ccc2ncc(C#N)c(CCN3CCC(=NCc4ccc5c(n4)NC(=O)CS5)[C@H](O)C3)c21. The number of aliphatic imine (C=N–C) groups is 1. The summed E-state index contributed by atoms with van der Waals surface area (Å²) < 4.78 is 1.53. The third kappa shape index (κ3) is 4.88. The quantitative estimate of drug-likeness (QED) is 0.535. The second-order valence-corrected chi connectivity index (χ2v) is 9.85. The zero-order valence-corrected chi connectivity index (χ0v) is 20.6. The molecule has 184 valence electrons. The Morgan fingerprint density at radius 2 is 2.17 bits per heavy atom. The number of amides is 1. The summed E-state index contributed by atoms with van der Waals surface area (Å²) >= 11 is 1.47. The molecule has 0 aromatic carbocycles. The van der Waals surface area contributed by atoms with E-state index in [9.17, 15) is 20.0 Å². The summed E-state index contributed by atoms with van der Waals surface area (Å²) in [6.45, 7) is 2.13. The van der Waals surface area contributed by atoms with Crippen molar-refractivity contribution >= 4 is 40.2 Å². The smallest absolute Gasteiger partial charge is 0.250 e. The molecule has 0 saturated carbocycles. The minimum Gasteiger partial charge on any atom is -0.386 e. The van der Waals surface area contributed by atoms with Crippen molar-refractivity contribution in [1.82, 2.24) is 19.4 Å². The van der Waals surface area contributed by atoms with Crippen molar-refractivity contribution in [1.29, 1.82) is 5.26 Å². The molecule has 2 N–H and O–H groups in total. The van der Waals surface area contributed by atoms with Crippen LogP contribution in [0.3, 0.4) is 0 Å². The molecule has 5 rings (SSSR count). The number of β-amino-alcohol motifs (C(OH)–C–C–N with tert-alkyl or cyclic N) is 1. The van der Waals surface area contributed by atoms with Crippen LogP contribution < -0.4 is 10.9 Å². The van der Waals surface area contributed by atoms with Gasteiger partial charge in [-0.2, -0.15) is 5.26 Å². The van der Waals surface area contributed by atoms with E-state index in [4.69, 9.17) is 0 Å². The molecule has 5 heterocycles. The lowest BCUT2D eigenvalue weighted by Crippen LogP contribution is -2.45. The van der Waals surface area contributed by atoms with Gasteiger partial charge < -0.3 is 15.0 Å². The van der Waals surface area contributed by atoms with E-state index in [0.717, 1.165) is 28.4 Å². The van der Waals surface area contributed by atoms with E-state index in [1.807, 2.05) is 12.1 Å². The number of aliphatic hydroxyl groups is 1. The minimum atomic E-state index is -0.694. The van der Waals surface area contributed by atoms with Gasteiger partial charge in [0.25, 0.3) is 5.56 Å². The number of hydrogen-bond donors (Lipinski definition) is 2. The Labute approximate surface area is 211 Å². The van der Waals surface area contributed by atoms with E-state index in [2.05, 4.69) is 31.2 Å². The highest BCUT2D eigenvalue weighted by Crippen LogP contribution is 2.30. The first-order valence-corrected chi connectivity index (χ1v) is 12.7. The highest BCUT2D eigenvalue weighted by atomic mass is 32.2. The van der Waals surface area contributed by atoms with E-state index in [1.54, 1.807) is 19.3 Å². The van der Waals surface area contributed by atoms with Crippen LogP contribution in [0.15, 0.2) is 45.1 Å². The van der Waals surface area contributed by atoms with Gasteiger partial charge in [0, 0.05) is 51.1 Å². The van der Waals surface area contributed by atoms with Crippen LogP contribution in [0.1, 0.15) is 23.2 Å². The average molecular weight is 504 g/mol. The number of hydrogen-bond acceptors (Lipinski definition) is 9. The lowest BCUT2D eigenvalue weighted by Gasteiger charge is -2.31. The van der Waals surface area contributed by atoms with E-state index >= 15 is 0 Å². The Balaban J connectivity index is 1.25. The Morgan fingerprint density at radius 3 is 2.97 bits per heavy atom. The number of nitriles is 1. The van der Waals surface area contributed by atoms with E-state index in [1.165, 1.54) is 22.4 Å². The van der Waals surface area contributed by atoms with Crippen molar-refractivity contribution < 1.29 is 9.90 Å². The van der Waals surface area contributed by atoms with Crippen LogP contribution in [0.4, 0.5) is 5.82 Å². The van der Waals surface area contributed by atoms with Crippen LogP contribution in [0, 0.1) is 11.3 Å². The molecule has 36 heavy (non-hydrogen) atoms. The third-order valence-corrected chi connectivity index (χ3v) is 7.56. The number of aryl methyl sites for hydroxylation is 1. The number of aliphatic hydroxyl groups excluding tert-OH is 1. The Hall–Kier alpha value is -3.59. The molecular formula is C25H25N7O3S. The zero-order chi connectivity index (χ0) is 25.2. The Kier molecular flexibility index (Phi) is 6.82. The third-order valence-electron chi connectivity index (χ3n) is 6.51. The highest BCUT2D eigenvalue weighted by Gasteiger charge is 2.24. The van der Waals surface area contributed by atoms with Gasteiger partial charge in [-0.25, -0.2) is 4.98 Å². The molecule has 1 amide bonds. The molecule has 1 saturated heterocycles. The van der Waals surface area contributed by atoms with Crippen LogP contribution in [0.5, 0.6) is 0 Å². The van der Waals surface area contributed by atoms with Gasteiger partial charge in [0.15, 0.2) is 0 Å². The number of aromatic nitrogens is 3. The van der Waals surface area contributed by atoms with Gasteiger partial charge in [0.1, 0.15) is 18.0 Å². The van der Waals surface area contributed by atoms with Crippen LogP contribution >= 0.6 is 11.8 Å². The summed E-state index contributed by atoms with van der Waals surface area (Å²) in [7, 11) is 1.69. The van der Waals surface area contributed by atoms with Gasteiger partial charge >= 0.3 is 0 Å². The lowest BCUT2D eigenvalue weighted by atomic mass is 10.0. The number of piperidine rings is 1. The maximum Gasteiger partial charge on any atom is 0.250 e. The minimum absolute atomic E-state index is 0.0601. The van der Waals surface area contributed by atoms with Crippen molar-refractivity contribution in [3.05, 3.63) is 57.6 Å². The molecule has 3 aromatic heterocycles. The topological polar surface area (TPSA) is 136 Å². The summed E-state index contributed by atoms with van der Waals surface area (Å²) in [6, 6.07) is 9.19. The molecule has 0 radical (unpaired) electrons. The van der Waals surface area contributed by atoms with Crippen LogP contribution in [-0.2, 0) is 24.8 Å². The van der Waals surface area contributed by atoms with Crippen molar-refractivity contribution in [2.24, 2.45) is 12.0 Å². The monoisotopic (exact) mass is 503 g/mol. The molecular weight excluding hydrogens is 478 g/mol. The van der Waals surface area contributed by atoms with Crippen molar-refractivity contribution in [2.45, 2.75) is 30.4 Å². The first kappa shape index (κ1) is 24.1. The molecule has 0 bridgehead atoms. The van der Waals surface area contributed by atoms with E-state index in [0.29, 0.717) is 60.6 Å². The molecule has 1 fully saturated rings. The molecule has 11 heteroatoms. The van der Waals surface area contributed by atoms with Crippen molar-refractivity contribution in [3.8, 4) is 6.07 Å². The summed E-state index contributed by atoms with van der Waals surface area (Å²) in [6.07, 6.45) is 2.04. The summed E-state index contributed by atoms with van der Waals surface area (Å²) in [5, 5.41) is 23.1. The Morgan fingerprint density at radius 1 is 1.31 bits per heavy atom. The molecule has 10 nitrogen and oxygen atoms in total. The van der Waals surface area contributed by atoms with Gasteiger partial charge in [-0.3, -0.25) is 24.5 Å². The normalized spacial score (nSPS) is 19.2. The average Bonchev–Trinajstić information content (AvgIpc) is 2.88. The van der Waals surface area contributed by atoms with Gasteiger partial charge in [-0.05, 0) is 30.2 Å². The van der Waals surface area contributed by atoms with Gasteiger partial charge in [-0.15, -0.1) is 11.8 Å². The number of thioether (sulfide) groups is 1. The first-order chi connectivity index (χ1) is 17.4. The number of carbonyl (C=O) groups excluding carboxylic acids is 1. The fourth-order valence-corrected chi connectivity index (χ4v) is 5.34. The first-order valence-electron chi connectivity index (χ1n) is 11.7. The number of pyridine rings is 3. The number of anilines is 1. The van der Waals surface area contributed by atoms with E-state index < -0.39 is 6.10 Å². The summed E-state index contributed by atoms with van der Waals surface area (Å²) in [5.41, 5.74) is 3.92. The number of fused-ring (bicyclic) bond motifs is 2. The number of rotatable bonds is 5. The summed E-state index contributed by atoms with van der Waals surface area (Å²) in [5.74, 6) is 0.907. The van der Waals surface area contributed by atoms with Crippen LogP contribution in [0.2, 0.25) is 0 Å². The molecule has 0 aliphatic carbocycles. The van der Waals surface area contributed by atoms with Crippen LogP contribution in [-0.4, -0.2) is 67.7 Å².